The third kappa shape index (κ3) is 3.52. The summed E-state index contributed by atoms with van der Waals surface area (Å²) in [5.41, 5.74) is 7.18. The zero-order valence-corrected chi connectivity index (χ0v) is 16.3. The summed E-state index contributed by atoms with van der Waals surface area (Å²) in [5, 5.41) is 5.53. The van der Waals surface area contributed by atoms with Crippen LogP contribution in [0.2, 0.25) is 0 Å². The fourth-order valence-corrected chi connectivity index (χ4v) is 4.74. The number of likely N-dealkylation sites (tertiary alicyclic amines) is 1. The van der Waals surface area contributed by atoms with Crippen molar-refractivity contribution >= 4 is 33.4 Å². The second-order valence-electron chi connectivity index (χ2n) is 7.17. The summed E-state index contributed by atoms with van der Waals surface area (Å²) >= 11 is 1.42. The fraction of sp³-hybridized carbons (Fsp3) is 0.350. The van der Waals surface area contributed by atoms with Crippen LogP contribution < -0.4 is 5.73 Å². The quantitative estimate of drug-likeness (QED) is 0.731. The molecule has 1 aromatic carbocycles. The summed E-state index contributed by atoms with van der Waals surface area (Å²) in [5.74, 6) is -0.713. The highest BCUT2D eigenvalue weighted by atomic mass is 32.1. The number of primary amides is 1. The van der Waals surface area contributed by atoms with Crippen molar-refractivity contribution in [2.75, 3.05) is 13.1 Å². The van der Waals surface area contributed by atoms with Gasteiger partial charge in [-0.05, 0) is 43.5 Å². The minimum atomic E-state index is -0.287. The Kier molecular flexibility index (Phi) is 4.89. The Balaban J connectivity index is 1.55. The van der Waals surface area contributed by atoms with Gasteiger partial charge in [0.15, 0.2) is 0 Å². The van der Waals surface area contributed by atoms with E-state index >= 15 is 0 Å². The van der Waals surface area contributed by atoms with Gasteiger partial charge < -0.3 is 10.6 Å². The largest absolute Gasteiger partial charge is 0.369 e. The number of thiophene rings is 1. The first-order valence-corrected chi connectivity index (χ1v) is 10.0. The van der Waals surface area contributed by atoms with Gasteiger partial charge in [0.2, 0.25) is 5.91 Å². The van der Waals surface area contributed by atoms with Crippen molar-refractivity contribution in [3.8, 4) is 0 Å². The molecule has 0 spiro atoms. The SMILES string of the molecule is Cc1nn(Cc2ccc(F)cc2)c2sc(C(=O)N3CCC(C(N)=O)CC3)cc12. The number of amides is 2. The zero-order valence-electron chi connectivity index (χ0n) is 15.5. The van der Waals surface area contributed by atoms with Gasteiger partial charge in [-0.3, -0.25) is 14.3 Å². The summed E-state index contributed by atoms with van der Waals surface area (Å²) in [4.78, 5) is 27.6. The molecular weight excluding hydrogens is 379 g/mol. The van der Waals surface area contributed by atoms with Crippen LogP contribution in [-0.4, -0.2) is 39.6 Å². The number of benzene rings is 1. The molecule has 0 bridgehead atoms. The molecule has 3 aromatic rings. The summed E-state index contributed by atoms with van der Waals surface area (Å²) in [6, 6.07) is 8.23. The summed E-state index contributed by atoms with van der Waals surface area (Å²) in [6.45, 7) is 3.52. The predicted octanol–water partition coefficient (Wildman–Crippen LogP) is 2.93. The first-order valence-electron chi connectivity index (χ1n) is 9.22. The van der Waals surface area contributed by atoms with Crippen LogP contribution in [0.1, 0.15) is 33.8 Å². The lowest BCUT2D eigenvalue weighted by molar-refractivity contribution is -0.123. The number of hydrogen-bond acceptors (Lipinski definition) is 4. The number of carbonyl (C=O) groups excluding carboxylic acids is 2. The Morgan fingerprint density at radius 2 is 1.93 bits per heavy atom. The van der Waals surface area contributed by atoms with Crippen molar-refractivity contribution in [3.05, 3.63) is 52.3 Å². The molecule has 2 aromatic heterocycles. The average Bonchev–Trinajstić information content (AvgIpc) is 3.24. The Hall–Kier alpha value is -2.74. The van der Waals surface area contributed by atoms with Crippen LogP contribution in [0.5, 0.6) is 0 Å². The molecule has 1 fully saturated rings. The monoisotopic (exact) mass is 400 g/mol. The van der Waals surface area contributed by atoms with E-state index < -0.39 is 0 Å². The number of aromatic nitrogens is 2. The van der Waals surface area contributed by atoms with Gasteiger partial charge in [-0.2, -0.15) is 5.10 Å². The second kappa shape index (κ2) is 7.35. The third-order valence-electron chi connectivity index (χ3n) is 5.25. The van der Waals surface area contributed by atoms with Crippen LogP contribution >= 0.6 is 11.3 Å². The zero-order chi connectivity index (χ0) is 19.8. The van der Waals surface area contributed by atoms with Crippen LogP contribution in [0, 0.1) is 18.7 Å². The van der Waals surface area contributed by atoms with Crippen LogP contribution in [0.15, 0.2) is 30.3 Å². The van der Waals surface area contributed by atoms with Gasteiger partial charge in [-0.25, -0.2) is 4.39 Å². The number of rotatable bonds is 4. The number of hydrogen-bond donors (Lipinski definition) is 1. The molecule has 1 aliphatic rings. The van der Waals surface area contributed by atoms with Gasteiger partial charge in [0.25, 0.3) is 5.91 Å². The number of carbonyl (C=O) groups is 2. The highest BCUT2D eigenvalue weighted by Gasteiger charge is 2.28. The molecule has 0 unspecified atom stereocenters. The molecule has 8 heteroatoms. The van der Waals surface area contributed by atoms with Crippen molar-refractivity contribution < 1.29 is 14.0 Å². The van der Waals surface area contributed by atoms with E-state index in [4.69, 9.17) is 5.73 Å². The lowest BCUT2D eigenvalue weighted by Crippen LogP contribution is -2.41. The molecule has 146 valence electrons. The maximum Gasteiger partial charge on any atom is 0.264 e. The summed E-state index contributed by atoms with van der Waals surface area (Å²) < 4.78 is 15.0. The van der Waals surface area contributed by atoms with E-state index in [1.165, 1.54) is 23.5 Å². The van der Waals surface area contributed by atoms with Gasteiger partial charge in [0.05, 0.1) is 17.1 Å². The van der Waals surface area contributed by atoms with Gasteiger partial charge in [-0.1, -0.05) is 12.1 Å². The highest BCUT2D eigenvalue weighted by Crippen LogP contribution is 2.30. The molecule has 6 nitrogen and oxygen atoms in total. The lowest BCUT2D eigenvalue weighted by Gasteiger charge is -2.30. The van der Waals surface area contributed by atoms with E-state index in [0.717, 1.165) is 21.5 Å². The smallest absolute Gasteiger partial charge is 0.264 e. The maximum atomic E-state index is 13.1. The molecule has 0 saturated carbocycles. The van der Waals surface area contributed by atoms with E-state index in [1.54, 1.807) is 17.0 Å². The number of fused-ring (bicyclic) bond motifs is 1. The summed E-state index contributed by atoms with van der Waals surface area (Å²) in [6.07, 6.45) is 1.23. The van der Waals surface area contributed by atoms with E-state index in [1.807, 2.05) is 17.7 Å². The number of piperidine rings is 1. The van der Waals surface area contributed by atoms with Crippen LogP contribution in [0.25, 0.3) is 10.2 Å². The average molecular weight is 400 g/mol. The summed E-state index contributed by atoms with van der Waals surface area (Å²) in [7, 11) is 0. The van der Waals surface area contributed by atoms with E-state index in [2.05, 4.69) is 5.10 Å². The first kappa shape index (κ1) is 18.6. The number of nitrogens with zero attached hydrogens (tertiary/aromatic N) is 3. The van der Waals surface area contributed by atoms with Crippen molar-refractivity contribution in [1.82, 2.24) is 14.7 Å². The predicted molar refractivity (Wildman–Crippen MR) is 106 cm³/mol. The van der Waals surface area contributed by atoms with Crippen LogP contribution in [-0.2, 0) is 11.3 Å². The van der Waals surface area contributed by atoms with Crippen molar-refractivity contribution in [3.63, 3.8) is 0 Å². The van der Waals surface area contributed by atoms with Crippen molar-refractivity contribution in [2.24, 2.45) is 11.7 Å². The Morgan fingerprint density at radius 1 is 1.25 bits per heavy atom. The normalized spacial score (nSPS) is 15.3. The number of nitrogens with two attached hydrogens (primary N) is 1. The molecule has 1 aliphatic heterocycles. The molecule has 3 heterocycles. The molecule has 0 atom stereocenters. The maximum absolute atomic E-state index is 13.1. The van der Waals surface area contributed by atoms with Gasteiger partial charge >= 0.3 is 0 Å². The number of aryl methyl sites for hydroxylation is 1. The van der Waals surface area contributed by atoms with Crippen LogP contribution in [0.3, 0.4) is 0 Å². The van der Waals surface area contributed by atoms with Gasteiger partial charge in [0, 0.05) is 24.4 Å². The number of halogens is 1. The van der Waals surface area contributed by atoms with Crippen molar-refractivity contribution in [2.45, 2.75) is 26.3 Å². The van der Waals surface area contributed by atoms with E-state index in [9.17, 15) is 14.0 Å². The Bertz CT molecular complexity index is 1030. The molecule has 28 heavy (non-hydrogen) atoms. The third-order valence-corrected chi connectivity index (χ3v) is 6.38. The molecule has 4 rings (SSSR count). The van der Waals surface area contributed by atoms with E-state index in [0.29, 0.717) is 37.4 Å². The fourth-order valence-electron chi connectivity index (χ4n) is 3.61. The van der Waals surface area contributed by atoms with Gasteiger partial charge in [0.1, 0.15) is 10.6 Å². The molecular formula is C20H21FN4O2S. The topological polar surface area (TPSA) is 81.2 Å². The molecule has 2 N–H and O–H groups in total. The standard InChI is InChI=1S/C20H21FN4O2S/c1-12-16-10-17(19(27)24-8-6-14(7-9-24)18(22)26)28-20(16)25(23-12)11-13-2-4-15(21)5-3-13/h2-5,10,14H,6-9,11H2,1H3,(H2,22,26). The van der Waals surface area contributed by atoms with Crippen molar-refractivity contribution in [1.29, 1.82) is 0 Å². The molecule has 0 aliphatic carbocycles. The molecule has 0 radical (unpaired) electrons. The Labute approximate surface area is 165 Å². The van der Waals surface area contributed by atoms with E-state index in [-0.39, 0.29) is 23.5 Å². The minimum absolute atomic E-state index is 0.0168. The lowest BCUT2D eigenvalue weighted by atomic mass is 9.96. The molecule has 2 amide bonds. The first-order chi connectivity index (χ1) is 13.4. The Morgan fingerprint density at radius 3 is 2.57 bits per heavy atom. The minimum Gasteiger partial charge on any atom is -0.369 e. The van der Waals surface area contributed by atoms with Gasteiger partial charge in [-0.15, -0.1) is 11.3 Å². The second-order valence-corrected chi connectivity index (χ2v) is 8.20. The highest BCUT2D eigenvalue weighted by molar-refractivity contribution is 7.20. The molecule has 1 saturated heterocycles. The van der Waals surface area contributed by atoms with Crippen LogP contribution in [0.4, 0.5) is 4.39 Å².